The van der Waals surface area contributed by atoms with E-state index in [0.29, 0.717) is 17.8 Å². The average Bonchev–Trinajstić information content (AvgIpc) is 3.43. The van der Waals surface area contributed by atoms with Gasteiger partial charge in [-0.05, 0) is 169 Å². The Kier molecular flexibility index (Phi) is 13.0. The number of rotatable bonds is 12. The van der Waals surface area contributed by atoms with Crippen LogP contribution in [0, 0.1) is 11.8 Å². The first-order valence-electron chi connectivity index (χ1n) is 25.1. The summed E-state index contributed by atoms with van der Waals surface area (Å²) in [7, 11) is 0. The molecule has 0 spiro atoms. The molecule has 3 heteroatoms. The molecule has 7 aliphatic carbocycles. The Balaban J connectivity index is 0.846. The van der Waals surface area contributed by atoms with E-state index in [1.54, 1.807) is 0 Å². The normalized spacial score (nSPS) is 23.1. The number of pyridine rings is 1. The van der Waals surface area contributed by atoms with Crippen LogP contribution in [0.3, 0.4) is 0 Å². The second-order valence-electron chi connectivity index (χ2n) is 19.0. The van der Waals surface area contributed by atoms with Crippen LogP contribution in [0.2, 0.25) is 0 Å². The maximum atomic E-state index is 4.21. The van der Waals surface area contributed by atoms with E-state index in [1.807, 2.05) is 12.4 Å². The third kappa shape index (κ3) is 9.62. The molecule has 3 aromatic carbocycles. The van der Waals surface area contributed by atoms with Gasteiger partial charge in [0.2, 0.25) is 0 Å². The summed E-state index contributed by atoms with van der Waals surface area (Å²) in [6.07, 6.45) is 61.6. The summed E-state index contributed by atoms with van der Waals surface area (Å²) in [4.78, 5) is 9.34. The van der Waals surface area contributed by atoms with Crippen LogP contribution in [-0.2, 0) is 0 Å². The standard InChI is InChI=1S/C65H61N3/c1-4-10-48(11-5-1)53-20-32-60(33-21-53)67(61-34-22-54(23-35-61)49-12-6-2-7-13-49)64-40-28-57(29-41-64)58-30-42-65(43-31-58)68(62-36-24-55(25-37-62)50-14-8-3-9-15-50)63-38-26-56(27-39-63)51-16-18-52(19-17-51)59-44-46-66-47-45-59/h1-2,4-8,10-12,14-16,18-24,26-28,30,32-34,36-40,42,44-47,49,51,55,61H,3,9,13,17,25,29,31,35,41,43H2. The molecule has 0 saturated carbocycles. The zero-order valence-electron chi connectivity index (χ0n) is 39.1. The predicted octanol–water partition coefficient (Wildman–Crippen LogP) is 16.5. The van der Waals surface area contributed by atoms with E-state index in [0.717, 1.165) is 64.2 Å². The Bertz CT molecular complexity index is 2930. The average molecular weight is 884 g/mol. The smallest absolute Gasteiger partial charge is 0.0556 e. The molecule has 0 bridgehead atoms. The van der Waals surface area contributed by atoms with Gasteiger partial charge in [-0.1, -0.05) is 158 Å². The van der Waals surface area contributed by atoms with Crippen LogP contribution in [0.15, 0.2) is 264 Å². The van der Waals surface area contributed by atoms with E-state index >= 15 is 0 Å². The minimum absolute atomic E-state index is 0.265. The molecule has 0 radical (unpaired) electrons. The van der Waals surface area contributed by atoms with Gasteiger partial charge in [-0.2, -0.15) is 0 Å². The molecule has 1 aromatic heterocycles. The lowest BCUT2D eigenvalue weighted by Crippen LogP contribution is -2.34. The van der Waals surface area contributed by atoms with Gasteiger partial charge < -0.3 is 9.80 Å². The molecule has 7 aliphatic rings. The molecule has 11 rings (SSSR count). The highest BCUT2D eigenvalue weighted by atomic mass is 15.2. The van der Waals surface area contributed by atoms with Crippen LogP contribution in [0.1, 0.15) is 81.3 Å². The van der Waals surface area contributed by atoms with Gasteiger partial charge in [-0.15, -0.1) is 0 Å². The minimum atomic E-state index is 0.265. The predicted molar refractivity (Wildman–Crippen MR) is 287 cm³/mol. The van der Waals surface area contributed by atoms with Crippen LogP contribution in [0.4, 0.5) is 11.4 Å². The fourth-order valence-corrected chi connectivity index (χ4v) is 11.0. The largest absolute Gasteiger partial charge is 0.338 e. The monoisotopic (exact) mass is 883 g/mol. The van der Waals surface area contributed by atoms with Gasteiger partial charge in [-0.25, -0.2) is 0 Å². The summed E-state index contributed by atoms with van der Waals surface area (Å²) in [5.41, 5.74) is 18.7. The van der Waals surface area contributed by atoms with Crippen molar-refractivity contribution in [3.05, 3.63) is 275 Å². The highest BCUT2D eigenvalue weighted by Crippen LogP contribution is 2.41. The van der Waals surface area contributed by atoms with Crippen molar-refractivity contribution < 1.29 is 0 Å². The number of anilines is 2. The third-order valence-corrected chi connectivity index (χ3v) is 14.8. The molecule has 68 heavy (non-hydrogen) atoms. The van der Waals surface area contributed by atoms with Crippen molar-refractivity contribution in [3.8, 4) is 11.1 Å². The van der Waals surface area contributed by atoms with Crippen molar-refractivity contribution in [1.82, 2.24) is 4.98 Å². The molecule has 0 amide bonds. The maximum absolute atomic E-state index is 4.21. The molecule has 3 nitrogen and oxygen atoms in total. The van der Waals surface area contributed by atoms with Crippen molar-refractivity contribution in [2.75, 3.05) is 9.80 Å². The summed E-state index contributed by atoms with van der Waals surface area (Å²) >= 11 is 0. The van der Waals surface area contributed by atoms with E-state index in [9.17, 15) is 0 Å². The number of nitrogens with zero attached hydrogens (tertiary/aromatic N) is 3. The number of hydrogen-bond donors (Lipinski definition) is 0. The molecular weight excluding hydrogens is 823 g/mol. The first-order valence-corrected chi connectivity index (χ1v) is 25.1. The van der Waals surface area contributed by atoms with Crippen LogP contribution in [-0.4, -0.2) is 11.0 Å². The van der Waals surface area contributed by atoms with Gasteiger partial charge in [0, 0.05) is 58.6 Å². The van der Waals surface area contributed by atoms with Crippen LogP contribution >= 0.6 is 0 Å². The van der Waals surface area contributed by atoms with E-state index in [-0.39, 0.29) is 6.04 Å². The van der Waals surface area contributed by atoms with Gasteiger partial charge in [0.05, 0.1) is 6.04 Å². The molecule has 0 fully saturated rings. The van der Waals surface area contributed by atoms with Gasteiger partial charge >= 0.3 is 0 Å². The fourth-order valence-electron chi connectivity index (χ4n) is 11.0. The molecule has 1 heterocycles. The SMILES string of the molecule is C1=CCC(C2=CCC(N(C3=CC=C(C4=CC=C(N(C5=CCC(C6=CCCC=C6)C=C5)c5ccc(C6C=CC(c7ccncc7)=CC6)cc5)CC4)CC3)c3ccc(-c4ccccc4)cc3)C=C2)C=C1. The first kappa shape index (κ1) is 43.3. The van der Waals surface area contributed by atoms with E-state index in [2.05, 4.69) is 227 Å². The number of aromatic nitrogens is 1. The molecule has 0 saturated heterocycles. The van der Waals surface area contributed by atoms with Gasteiger partial charge in [0.15, 0.2) is 0 Å². The van der Waals surface area contributed by atoms with Crippen LogP contribution in [0.25, 0.3) is 16.7 Å². The van der Waals surface area contributed by atoms with Crippen molar-refractivity contribution in [1.29, 1.82) is 0 Å². The topological polar surface area (TPSA) is 19.4 Å². The Labute approximate surface area is 404 Å². The highest BCUT2D eigenvalue weighted by molar-refractivity contribution is 5.75. The number of benzene rings is 3. The minimum Gasteiger partial charge on any atom is -0.338 e. The maximum Gasteiger partial charge on any atom is 0.0556 e. The first-order chi connectivity index (χ1) is 33.7. The molecule has 4 unspecified atom stereocenters. The summed E-state index contributed by atoms with van der Waals surface area (Å²) in [5, 5.41) is 0. The fraction of sp³-hybridized carbons (Fsp3) is 0.215. The molecule has 336 valence electrons. The van der Waals surface area contributed by atoms with Gasteiger partial charge in [-0.3, -0.25) is 4.98 Å². The second-order valence-corrected chi connectivity index (χ2v) is 19.0. The molecule has 4 aromatic rings. The lowest BCUT2D eigenvalue weighted by molar-refractivity contribution is 0.692. The zero-order valence-corrected chi connectivity index (χ0v) is 39.1. The van der Waals surface area contributed by atoms with Crippen LogP contribution in [0.5, 0.6) is 0 Å². The number of allylic oxidation sites excluding steroid dienone is 25. The van der Waals surface area contributed by atoms with Gasteiger partial charge in [0.1, 0.15) is 0 Å². The quantitative estimate of drug-likeness (QED) is 0.141. The molecular formula is C65H61N3. The van der Waals surface area contributed by atoms with Crippen molar-refractivity contribution in [2.45, 2.75) is 76.2 Å². The van der Waals surface area contributed by atoms with Gasteiger partial charge in [0.25, 0.3) is 0 Å². The van der Waals surface area contributed by atoms with E-state index in [4.69, 9.17) is 0 Å². The Morgan fingerprint density at radius 3 is 1.82 bits per heavy atom. The summed E-state index contributed by atoms with van der Waals surface area (Å²) in [5.74, 6) is 1.28. The Hall–Kier alpha value is -7.23. The van der Waals surface area contributed by atoms with Crippen LogP contribution < -0.4 is 9.80 Å². The lowest BCUT2D eigenvalue weighted by Gasteiger charge is -2.37. The van der Waals surface area contributed by atoms with Crippen molar-refractivity contribution >= 4 is 16.9 Å². The summed E-state index contributed by atoms with van der Waals surface area (Å²) in [6, 6.07) is 33.8. The molecule has 4 atom stereocenters. The van der Waals surface area contributed by atoms with Crippen molar-refractivity contribution in [3.63, 3.8) is 0 Å². The van der Waals surface area contributed by atoms with E-state index < -0.39 is 0 Å². The zero-order chi connectivity index (χ0) is 45.5. The second kappa shape index (κ2) is 20.3. The third-order valence-electron chi connectivity index (χ3n) is 14.8. The molecule has 0 aliphatic heterocycles. The molecule has 0 N–H and O–H groups in total. The summed E-state index contributed by atoms with van der Waals surface area (Å²) < 4.78 is 0. The highest BCUT2D eigenvalue weighted by Gasteiger charge is 2.27. The number of hydrogen-bond acceptors (Lipinski definition) is 3. The summed E-state index contributed by atoms with van der Waals surface area (Å²) in [6.45, 7) is 0. The Morgan fingerprint density at radius 1 is 0.456 bits per heavy atom. The van der Waals surface area contributed by atoms with Crippen molar-refractivity contribution in [2.24, 2.45) is 11.8 Å². The van der Waals surface area contributed by atoms with E-state index in [1.165, 1.54) is 78.6 Å². The lowest BCUT2D eigenvalue weighted by atomic mass is 9.86. The Morgan fingerprint density at radius 2 is 1.18 bits per heavy atom.